The molecule has 0 spiro atoms. The number of nitrogens with two attached hydrogens (primary N) is 1. The van der Waals surface area contributed by atoms with Crippen LogP contribution in [0.2, 0.25) is 0 Å². The lowest BCUT2D eigenvalue weighted by Gasteiger charge is -2.23. The molecule has 0 aliphatic heterocycles. The minimum Gasteiger partial charge on any atom is -0.356 e. The van der Waals surface area contributed by atoms with Gasteiger partial charge in [0.2, 0.25) is 5.91 Å². The average molecular weight is 261 g/mol. The molecular formula is C13H25ClN2O. The molecular weight excluding hydrogens is 236 g/mol. The number of nitrogens with one attached hydrogen (secondary N) is 1. The summed E-state index contributed by atoms with van der Waals surface area (Å²) in [6.45, 7) is 4.67. The Balaban J connectivity index is 0.00000144. The molecule has 2 rings (SSSR count). The first-order valence-corrected chi connectivity index (χ1v) is 6.61. The maximum Gasteiger partial charge on any atom is 0.224 e. The second-order valence-electron chi connectivity index (χ2n) is 5.83. The normalized spacial score (nSPS) is 33.9. The lowest BCUT2D eigenvalue weighted by atomic mass is 9.88. The topological polar surface area (TPSA) is 55.1 Å². The maximum atomic E-state index is 11.8. The van der Waals surface area contributed by atoms with Gasteiger partial charge in [0.05, 0.1) is 0 Å². The number of carbonyl (C=O) groups excluding carboxylic acids is 1. The number of hydrogen-bond acceptors (Lipinski definition) is 2. The molecule has 1 amide bonds. The third kappa shape index (κ3) is 3.35. The van der Waals surface area contributed by atoms with Gasteiger partial charge in [-0.1, -0.05) is 13.3 Å². The van der Waals surface area contributed by atoms with Crippen LogP contribution >= 0.6 is 12.4 Å². The highest BCUT2D eigenvalue weighted by atomic mass is 35.5. The Hall–Kier alpha value is -0.280. The SMILES string of the molecule is CC(N)C(C)C(=O)NCC1CC2CCC1C2.Cl. The van der Waals surface area contributed by atoms with E-state index in [1.54, 1.807) is 0 Å². The Bertz CT molecular complexity index is 270. The highest BCUT2D eigenvalue weighted by Crippen LogP contribution is 2.47. The van der Waals surface area contributed by atoms with Gasteiger partial charge in [-0.3, -0.25) is 4.79 Å². The molecule has 2 fully saturated rings. The largest absolute Gasteiger partial charge is 0.356 e. The molecule has 17 heavy (non-hydrogen) atoms. The summed E-state index contributed by atoms with van der Waals surface area (Å²) in [7, 11) is 0. The first kappa shape index (κ1) is 14.8. The van der Waals surface area contributed by atoms with Crippen molar-refractivity contribution < 1.29 is 4.79 Å². The zero-order valence-electron chi connectivity index (χ0n) is 10.8. The third-order valence-electron chi connectivity index (χ3n) is 4.63. The van der Waals surface area contributed by atoms with Crippen LogP contribution in [-0.2, 0) is 4.79 Å². The predicted molar refractivity (Wildman–Crippen MR) is 72.0 cm³/mol. The number of hydrogen-bond donors (Lipinski definition) is 2. The van der Waals surface area contributed by atoms with E-state index in [0.29, 0.717) is 0 Å². The van der Waals surface area contributed by atoms with Crippen LogP contribution in [0.4, 0.5) is 0 Å². The number of halogens is 1. The van der Waals surface area contributed by atoms with Crippen molar-refractivity contribution in [3.63, 3.8) is 0 Å². The summed E-state index contributed by atoms with van der Waals surface area (Å²) in [5, 5.41) is 3.07. The van der Waals surface area contributed by atoms with Gasteiger partial charge in [-0.15, -0.1) is 12.4 Å². The molecule has 5 unspecified atom stereocenters. The van der Waals surface area contributed by atoms with Gasteiger partial charge in [0, 0.05) is 18.5 Å². The smallest absolute Gasteiger partial charge is 0.224 e. The molecule has 2 aliphatic carbocycles. The highest BCUT2D eigenvalue weighted by molar-refractivity contribution is 5.85. The lowest BCUT2D eigenvalue weighted by Crippen LogP contribution is -2.41. The first-order valence-electron chi connectivity index (χ1n) is 6.61. The van der Waals surface area contributed by atoms with Gasteiger partial charge in [-0.2, -0.15) is 0 Å². The predicted octanol–water partition coefficient (Wildman–Crippen LogP) is 1.94. The summed E-state index contributed by atoms with van der Waals surface area (Å²) in [5.41, 5.74) is 5.72. The summed E-state index contributed by atoms with van der Waals surface area (Å²) in [4.78, 5) is 11.8. The Morgan fingerprint density at radius 1 is 1.35 bits per heavy atom. The summed E-state index contributed by atoms with van der Waals surface area (Å²) >= 11 is 0. The molecule has 2 aliphatic rings. The van der Waals surface area contributed by atoms with Crippen LogP contribution in [0.3, 0.4) is 0 Å². The fourth-order valence-corrected chi connectivity index (χ4v) is 3.26. The zero-order valence-corrected chi connectivity index (χ0v) is 11.6. The molecule has 0 saturated heterocycles. The van der Waals surface area contributed by atoms with E-state index < -0.39 is 0 Å². The molecule has 0 aromatic carbocycles. The molecule has 100 valence electrons. The molecule has 3 N–H and O–H groups in total. The van der Waals surface area contributed by atoms with E-state index in [1.165, 1.54) is 25.7 Å². The van der Waals surface area contributed by atoms with Crippen molar-refractivity contribution in [2.45, 2.75) is 45.6 Å². The van der Waals surface area contributed by atoms with Gasteiger partial charge in [0.1, 0.15) is 0 Å². The fraction of sp³-hybridized carbons (Fsp3) is 0.923. The number of amides is 1. The standard InChI is InChI=1S/C13H24N2O.ClH/c1-8(9(2)14)13(16)15-7-12-6-10-3-4-11(12)5-10;/h8-12H,3-7,14H2,1-2H3,(H,15,16);1H. The molecule has 2 saturated carbocycles. The highest BCUT2D eigenvalue weighted by Gasteiger charge is 2.39. The first-order chi connectivity index (χ1) is 7.58. The van der Waals surface area contributed by atoms with Gasteiger partial charge >= 0.3 is 0 Å². The van der Waals surface area contributed by atoms with Gasteiger partial charge in [-0.05, 0) is 43.9 Å². The number of fused-ring (bicyclic) bond motifs is 2. The summed E-state index contributed by atoms with van der Waals surface area (Å²) in [6, 6.07) is -0.0555. The second kappa shape index (κ2) is 6.05. The average Bonchev–Trinajstić information content (AvgIpc) is 2.86. The Kier molecular flexibility index (Phi) is 5.26. The molecule has 0 heterocycles. The molecule has 5 atom stereocenters. The molecule has 2 bridgehead atoms. The van der Waals surface area contributed by atoms with Gasteiger partial charge < -0.3 is 11.1 Å². The van der Waals surface area contributed by atoms with Crippen molar-refractivity contribution in [1.29, 1.82) is 0 Å². The van der Waals surface area contributed by atoms with Crippen molar-refractivity contribution >= 4 is 18.3 Å². The van der Waals surface area contributed by atoms with Crippen molar-refractivity contribution in [2.75, 3.05) is 6.54 Å². The van der Waals surface area contributed by atoms with Crippen LogP contribution in [0.15, 0.2) is 0 Å². The van der Waals surface area contributed by atoms with Gasteiger partial charge in [-0.25, -0.2) is 0 Å². The molecule has 3 nitrogen and oxygen atoms in total. The quantitative estimate of drug-likeness (QED) is 0.812. The van der Waals surface area contributed by atoms with Gasteiger partial charge in [0.25, 0.3) is 0 Å². The Labute approximate surface area is 110 Å². The van der Waals surface area contributed by atoms with E-state index in [2.05, 4.69) is 5.32 Å². The van der Waals surface area contributed by atoms with Crippen LogP contribution in [0.25, 0.3) is 0 Å². The lowest BCUT2D eigenvalue weighted by molar-refractivity contribution is -0.125. The van der Waals surface area contributed by atoms with Crippen LogP contribution in [0.5, 0.6) is 0 Å². The van der Waals surface area contributed by atoms with Crippen LogP contribution in [0, 0.1) is 23.7 Å². The summed E-state index contributed by atoms with van der Waals surface area (Å²) in [5.74, 6) is 2.63. The van der Waals surface area contributed by atoms with Crippen molar-refractivity contribution in [2.24, 2.45) is 29.4 Å². The van der Waals surface area contributed by atoms with Crippen molar-refractivity contribution in [3.8, 4) is 0 Å². The fourth-order valence-electron chi connectivity index (χ4n) is 3.26. The van der Waals surface area contributed by atoms with Gasteiger partial charge in [0.15, 0.2) is 0 Å². The van der Waals surface area contributed by atoms with E-state index >= 15 is 0 Å². The molecule has 4 heteroatoms. The minimum absolute atomic E-state index is 0. The van der Waals surface area contributed by atoms with E-state index in [1.807, 2.05) is 13.8 Å². The van der Waals surface area contributed by atoms with Crippen molar-refractivity contribution in [1.82, 2.24) is 5.32 Å². The summed E-state index contributed by atoms with van der Waals surface area (Å²) < 4.78 is 0. The van der Waals surface area contributed by atoms with Crippen LogP contribution in [-0.4, -0.2) is 18.5 Å². The molecule has 0 radical (unpaired) electrons. The number of rotatable bonds is 4. The third-order valence-corrected chi connectivity index (χ3v) is 4.63. The Morgan fingerprint density at radius 3 is 2.53 bits per heavy atom. The van der Waals surface area contributed by atoms with Crippen molar-refractivity contribution in [3.05, 3.63) is 0 Å². The van der Waals surface area contributed by atoms with E-state index in [4.69, 9.17) is 5.73 Å². The molecule has 0 aromatic heterocycles. The van der Waals surface area contributed by atoms with E-state index in [-0.39, 0.29) is 30.3 Å². The van der Waals surface area contributed by atoms with Crippen LogP contribution in [0.1, 0.15) is 39.5 Å². The van der Waals surface area contributed by atoms with Crippen LogP contribution < -0.4 is 11.1 Å². The Morgan fingerprint density at radius 2 is 2.06 bits per heavy atom. The summed E-state index contributed by atoms with van der Waals surface area (Å²) in [6.07, 6.45) is 5.54. The zero-order chi connectivity index (χ0) is 11.7. The van der Waals surface area contributed by atoms with E-state index in [9.17, 15) is 4.79 Å². The monoisotopic (exact) mass is 260 g/mol. The minimum atomic E-state index is -0.0707. The molecule has 0 aromatic rings. The maximum absolute atomic E-state index is 11.8. The second-order valence-corrected chi connectivity index (χ2v) is 5.83. The number of carbonyl (C=O) groups is 1. The van der Waals surface area contributed by atoms with E-state index in [0.717, 1.165) is 24.3 Å².